The molecule has 0 rings (SSSR count). The lowest BCUT2D eigenvalue weighted by atomic mass is 10.0. The molecule has 0 N–H and O–H groups in total. The second kappa shape index (κ2) is 7.69. The Balaban J connectivity index is 4.04. The van der Waals surface area contributed by atoms with E-state index >= 15 is 0 Å². The standard InChI is InChI=1S/C13H29P/c1-7-8-9-13(12(4)5)14(6)10-11(2)3/h11-13H,7-10H2,1-6H3. The fourth-order valence-corrected chi connectivity index (χ4v) is 5.25. The molecule has 0 aromatic carbocycles. The average Bonchev–Trinajstić information content (AvgIpc) is 2.02. The minimum atomic E-state index is 0.265. The van der Waals surface area contributed by atoms with Crippen LogP contribution in [0.1, 0.15) is 53.9 Å². The number of rotatable bonds is 7. The van der Waals surface area contributed by atoms with Crippen molar-refractivity contribution in [1.29, 1.82) is 0 Å². The molecule has 0 heterocycles. The molecule has 86 valence electrons. The zero-order valence-electron chi connectivity index (χ0n) is 11.0. The summed E-state index contributed by atoms with van der Waals surface area (Å²) in [6.07, 6.45) is 5.70. The lowest BCUT2D eigenvalue weighted by Crippen LogP contribution is -2.16. The molecule has 0 amide bonds. The van der Waals surface area contributed by atoms with Crippen molar-refractivity contribution in [2.24, 2.45) is 11.8 Å². The maximum atomic E-state index is 2.51. The molecular weight excluding hydrogens is 187 g/mol. The van der Waals surface area contributed by atoms with Gasteiger partial charge in [0.1, 0.15) is 0 Å². The van der Waals surface area contributed by atoms with Crippen molar-refractivity contribution in [2.45, 2.75) is 59.5 Å². The van der Waals surface area contributed by atoms with Crippen molar-refractivity contribution in [1.82, 2.24) is 0 Å². The largest absolute Gasteiger partial charge is 0.106 e. The Bertz CT molecular complexity index is 129. The Morgan fingerprint density at radius 1 is 1.07 bits per heavy atom. The zero-order valence-corrected chi connectivity index (χ0v) is 11.9. The summed E-state index contributed by atoms with van der Waals surface area (Å²) >= 11 is 0. The Morgan fingerprint density at radius 2 is 1.64 bits per heavy atom. The van der Waals surface area contributed by atoms with E-state index in [-0.39, 0.29) is 7.92 Å². The quantitative estimate of drug-likeness (QED) is 0.527. The summed E-state index contributed by atoms with van der Waals surface area (Å²) in [5, 5.41) is 0. The molecule has 0 aliphatic carbocycles. The molecule has 0 bridgehead atoms. The highest BCUT2D eigenvalue weighted by Gasteiger charge is 2.20. The molecule has 0 aromatic heterocycles. The van der Waals surface area contributed by atoms with Crippen LogP contribution in [0, 0.1) is 11.8 Å². The van der Waals surface area contributed by atoms with Gasteiger partial charge in [0.2, 0.25) is 0 Å². The second-order valence-corrected chi connectivity index (χ2v) is 7.83. The summed E-state index contributed by atoms with van der Waals surface area (Å²) < 4.78 is 0. The van der Waals surface area contributed by atoms with Crippen LogP contribution in [0.5, 0.6) is 0 Å². The van der Waals surface area contributed by atoms with Gasteiger partial charge in [-0.25, -0.2) is 0 Å². The van der Waals surface area contributed by atoms with Gasteiger partial charge in [0.05, 0.1) is 0 Å². The first kappa shape index (κ1) is 14.4. The van der Waals surface area contributed by atoms with Crippen molar-refractivity contribution >= 4 is 7.92 Å². The molecule has 0 spiro atoms. The van der Waals surface area contributed by atoms with Crippen molar-refractivity contribution in [3.05, 3.63) is 0 Å². The predicted molar refractivity (Wildman–Crippen MR) is 70.7 cm³/mol. The number of hydrogen-bond donors (Lipinski definition) is 0. The first-order chi connectivity index (χ1) is 6.49. The van der Waals surface area contributed by atoms with E-state index in [9.17, 15) is 0 Å². The highest BCUT2D eigenvalue weighted by Crippen LogP contribution is 2.45. The van der Waals surface area contributed by atoms with E-state index in [1.54, 1.807) is 0 Å². The van der Waals surface area contributed by atoms with Crippen molar-refractivity contribution in [3.8, 4) is 0 Å². The van der Waals surface area contributed by atoms with Gasteiger partial charge in [0, 0.05) is 0 Å². The summed E-state index contributed by atoms with van der Waals surface area (Å²) in [5.41, 5.74) is 1.01. The van der Waals surface area contributed by atoms with Crippen LogP contribution >= 0.6 is 7.92 Å². The maximum absolute atomic E-state index is 2.51. The molecule has 14 heavy (non-hydrogen) atoms. The van der Waals surface area contributed by atoms with Crippen LogP contribution in [0.2, 0.25) is 0 Å². The van der Waals surface area contributed by atoms with Crippen LogP contribution in [0.25, 0.3) is 0 Å². The molecule has 0 aromatic rings. The van der Waals surface area contributed by atoms with Crippen molar-refractivity contribution in [3.63, 3.8) is 0 Å². The fourth-order valence-electron chi connectivity index (χ4n) is 2.19. The normalized spacial score (nSPS) is 16.3. The Labute approximate surface area is 92.6 Å². The van der Waals surface area contributed by atoms with Crippen molar-refractivity contribution < 1.29 is 0 Å². The van der Waals surface area contributed by atoms with Gasteiger partial charge in [-0.1, -0.05) is 47.5 Å². The van der Waals surface area contributed by atoms with Gasteiger partial charge in [-0.3, -0.25) is 0 Å². The van der Waals surface area contributed by atoms with E-state index in [1.807, 2.05) is 0 Å². The lowest BCUT2D eigenvalue weighted by molar-refractivity contribution is 0.541. The van der Waals surface area contributed by atoms with Crippen molar-refractivity contribution in [2.75, 3.05) is 12.8 Å². The van der Waals surface area contributed by atoms with Gasteiger partial charge in [0.25, 0.3) is 0 Å². The molecule has 1 heteroatoms. The third-order valence-electron chi connectivity index (χ3n) is 2.84. The van der Waals surface area contributed by atoms with E-state index in [4.69, 9.17) is 0 Å². The molecule has 2 unspecified atom stereocenters. The summed E-state index contributed by atoms with van der Waals surface area (Å²) in [6.45, 7) is 14.3. The first-order valence-electron chi connectivity index (χ1n) is 6.19. The summed E-state index contributed by atoms with van der Waals surface area (Å²) in [4.78, 5) is 0. The molecule has 0 aliphatic rings. The molecule has 0 nitrogen and oxygen atoms in total. The van der Waals surface area contributed by atoms with Crippen LogP contribution in [0.3, 0.4) is 0 Å². The van der Waals surface area contributed by atoms with Crippen LogP contribution in [0.15, 0.2) is 0 Å². The van der Waals surface area contributed by atoms with Gasteiger partial charge >= 0.3 is 0 Å². The van der Waals surface area contributed by atoms with E-state index in [0.717, 1.165) is 17.5 Å². The van der Waals surface area contributed by atoms with Gasteiger partial charge < -0.3 is 0 Å². The Morgan fingerprint density at radius 3 is 2.00 bits per heavy atom. The minimum Gasteiger partial charge on any atom is -0.106 e. The van der Waals surface area contributed by atoms with Crippen LogP contribution in [-0.2, 0) is 0 Å². The van der Waals surface area contributed by atoms with E-state index in [1.165, 1.54) is 25.4 Å². The lowest BCUT2D eigenvalue weighted by Gasteiger charge is -2.29. The van der Waals surface area contributed by atoms with Crippen LogP contribution < -0.4 is 0 Å². The third kappa shape index (κ3) is 6.02. The molecule has 0 fully saturated rings. The highest BCUT2D eigenvalue weighted by molar-refractivity contribution is 7.57. The molecule has 0 radical (unpaired) electrons. The summed E-state index contributed by atoms with van der Waals surface area (Å²) in [7, 11) is 0.265. The third-order valence-corrected chi connectivity index (χ3v) is 6.14. The SMILES string of the molecule is CCCCC(C(C)C)P(C)CC(C)C. The fraction of sp³-hybridized carbons (Fsp3) is 1.00. The summed E-state index contributed by atoms with van der Waals surface area (Å²) in [5.74, 6) is 1.77. The van der Waals surface area contributed by atoms with E-state index < -0.39 is 0 Å². The van der Waals surface area contributed by atoms with Crippen LogP contribution in [-0.4, -0.2) is 18.5 Å². The molecule has 2 atom stereocenters. The smallest absolute Gasteiger partial charge is 0.0188 e. The molecule has 0 saturated carbocycles. The van der Waals surface area contributed by atoms with Crippen LogP contribution in [0.4, 0.5) is 0 Å². The van der Waals surface area contributed by atoms with E-state index in [0.29, 0.717) is 0 Å². The van der Waals surface area contributed by atoms with E-state index in [2.05, 4.69) is 41.3 Å². The average molecular weight is 216 g/mol. The maximum Gasteiger partial charge on any atom is -0.0188 e. The van der Waals surface area contributed by atoms with Gasteiger partial charge in [0.15, 0.2) is 0 Å². The minimum absolute atomic E-state index is 0.265. The second-order valence-electron chi connectivity index (χ2n) is 5.29. The molecule has 0 aliphatic heterocycles. The Hall–Kier alpha value is 0.430. The first-order valence-corrected chi connectivity index (χ1v) is 8.23. The highest BCUT2D eigenvalue weighted by atomic mass is 31.1. The van der Waals surface area contributed by atoms with Gasteiger partial charge in [-0.15, -0.1) is 7.92 Å². The number of unbranched alkanes of at least 4 members (excludes halogenated alkanes) is 1. The molecule has 0 saturated heterocycles. The molecular formula is C13H29P. The number of hydrogen-bond acceptors (Lipinski definition) is 0. The predicted octanol–water partition coefficient (Wildman–Crippen LogP) is 4.97. The topological polar surface area (TPSA) is 0 Å². The zero-order chi connectivity index (χ0) is 11.1. The monoisotopic (exact) mass is 216 g/mol. The van der Waals surface area contributed by atoms with Gasteiger partial charge in [-0.05, 0) is 36.7 Å². The van der Waals surface area contributed by atoms with Gasteiger partial charge in [-0.2, -0.15) is 0 Å². The Kier molecular flexibility index (Phi) is 7.92. The summed E-state index contributed by atoms with van der Waals surface area (Å²) in [6, 6.07) is 0.